The van der Waals surface area contributed by atoms with E-state index in [2.05, 4.69) is 6.92 Å². The minimum atomic E-state index is -0.646. The number of thiocarbonyl (C=S) groups is 1. The van der Waals surface area contributed by atoms with Crippen molar-refractivity contribution in [2.24, 2.45) is 17.1 Å². The highest BCUT2D eigenvalue weighted by Gasteiger charge is 2.52. The molecule has 1 amide bonds. The second-order valence-corrected chi connectivity index (χ2v) is 6.09. The van der Waals surface area contributed by atoms with Crippen molar-refractivity contribution in [1.82, 2.24) is 4.90 Å². The van der Waals surface area contributed by atoms with Crippen LogP contribution in [0.15, 0.2) is 0 Å². The van der Waals surface area contributed by atoms with Gasteiger partial charge in [0, 0.05) is 26.3 Å². The van der Waals surface area contributed by atoms with Crippen LogP contribution < -0.4 is 5.73 Å². The van der Waals surface area contributed by atoms with E-state index in [4.69, 9.17) is 27.4 Å². The Balaban J connectivity index is 2.70. The number of hydrogen-bond donors (Lipinski definition) is 1. The number of carbonyl (C=O) groups is 1. The van der Waals surface area contributed by atoms with Gasteiger partial charge in [0.25, 0.3) is 0 Å². The summed E-state index contributed by atoms with van der Waals surface area (Å²) in [5.74, 6) is 0.531. The average molecular weight is 316 g/mol. The number of hydrogen-bond acceptors (Lipinski definition) is 4. The van der Waals surface area contributed by atoms with Gasteiger partial charge in [-0.2, -0.15) is 0 Å². The van der Waals surface area contributed by atoms with E-state index in [1.807, 2.05) is 13.8 Å². The molecule has 0 saturated heterocycles. The highest BCUT2D eigenvalue weighted by molar-refractivity contribution is 7.80. The first-order chi connectivity index (χ1) is 9.97. The van der Waals surface area contributed by atoms with Gasteiger partial charge in [0.15, 0.2) is 0 Å². The minimum Gasteiger partial charge on any atom is -0.392 e. The molecule has 1 saturated carbocycles. The lowest BCUT2D eigenvalue weighted by Crippen LogP contribution is -2.57. The average Bonchev–Trinajstić information content (AvgIpc) is 2.41. The van der Waals surface area contributed by atoms with E-state index in [9.17, 15) is 4.79 Å². The molecular formula is C15H28N2O3S. The van der Waals surface area contributed by atoms with Crippen molar-refractivity contribution in [2.45, 2.75) is 33.6 Å². The summed E-state index contributed by atoms with van der Waals surface area (Å²) in [6.45, 7) is 9.45. The van der Waals surface area contributed by atoms with Crippen LogP contribution in [0.5, 0.6) is 0 Å². The van der Waals surface area contributed by atoms with Crippen LogP contribution in [0, 0.1) is 11.3 Å². The molecule has 5 nitrogen and oxygen atoms in total. The number of nitrogens with two attached hydrogens (primary N) is 1. The van der Waals surface area contributed by atoms with E-state index >= 15 is 0 Å². The van der Waals surface area contributed by atoms with Crippen molar-refractivity contribution in [2.75, 3.05) is 39.5 Å². The fraction of sp³-hybridized carbons (Fsp3) is 0.867. The van der Waals surface area contributed by atoms with E-state index in [0.29, 0.717) is 50.4 Å². The molecule has 1 aliphatic carbocycles. The third-order valence-electron chi connectivity index (χ3n) is 3.98. The summed E-state index contributed by atoms with van der Waals surface area (Å²) in [6, 6.07) is 0. The molecule has 0 radical (unpaired) electrons. The SMILES string of the molecule is CCOCCN(CCOCC)C(=O)C1(C(N)=S)CC(C)C1. The van der Waals surface area contributed by atoms with Gasteiger partial charge >= 0.3 is 0 Å². The first-order valence-electron chi connectivity index (χ1n) is 7.72. The Morgan fingerprint density at radius 3 is 2.05 bits per heavy atom. The normalized spacial score (nSPS) is 24.4. The molecule has 0 aromatic rings. The van der Waals surface area contributed by atoms with Gasteiger partial charge in [0.2, 0.25) is 5.91 Å². The second-order valence-electron chi connectivity index (χ2n) is 5.65. The molecule has 1 aliphatic rings. The Kier molecular flexibility index (Phi) is 7.56. The Morgan fingerprint density at radius 1 is 1.24 bits per heavy atom. The van der Waals surface area contributed by atoms with Crippen molar-refractivity contribution >= 4 is 23.1 Å². The van der Waals surface area contributed by atoms with Crippen LogP contribution in [-0.4, -0.2) is 55.3 Å². The van der Waals surface area contributed by atoms with Gasteiger partial charge in [-0.3, -0.25) is 4.79 Å². The lowest BCUT2D eigenvalue weighted by Gasteiger charge is -2.46. The van der Waals surface area contributed by atoms with Crippen LogP contribution in [0.25, 0.3) is 0 Å². The van der Waals surface area contributed by atoms with Crippen LogP contribution in [-0.2, 0) is 14.3 Å². The third kappa shape index (κ3) is 4.63. The smallest absolute Gasteiger partial charge is 0.235 e. The van der Waals surface area contributed by atoms with E-state index in [-0.39, 0.29) is 5.91 Å². The zero-order valence-corrected chi connectivity index (χ0v) is 14.2. The lowest BCUT2D eigenvalue weighted by molar-refractivity contribution is -0.145. The quantitative estimate of drug-likeness (QED) is 0.490. The molecule has 0 aromatic heterocycles. The number of carbonyl (C=O) groups excluding carboxylic acids is 1. The minimum absolute atomic E-state index is 0.0347. The summed E-state index contributed by atoms with van der Waals surface area (Å²) in [7, 11) is 0. The molecule has 6 heteroatoms. The molecule has 0 aliphatic heterocycles. The fourth-order valence-corrected chi connectivity index (χ4v) is 3.12. The molecule has 0 heterocycles. The van der Waals surface area contributed by atoms with Gasteiger partial charge in [-0.25, -0.2) is 0 Å². The van der Waals surface area contributed by atoms with Crippen molar-refractivity contribution in [1.29, 1.82) is 0 Å². The fourth-order valence-electron chi connectivity index (χ4n) is 2.87. The summed E-state index contributed by atoms with van der Waals surface area (Å²) >= 11 is 5.17. The number of amides is 1. The van der Waals surface area contributed by atoms with Crippen LogP contribution in [0.1, 0.15) is 33.6 Å². The van der Waals surface area contributed by atoms with Crippen LogP contribution in [0.3, 0.4) is 0 Å². The van der Waals surface area contributed by atoms with Gasteiger partial charge in [-0.15, -0.1) is 0 Å². The molecule has 0 bridgehead atoms. The van der Waals surface area contributed by atoms with Gasteiger partial charge in [-0.05, 0) is 32.6 Å². The van der Waals surface area contributed by atoms with Crippen molar-refractivity contribution < 1.29 is 14.3 Å². The Labute approximate surface area is 133 Å². The van der Waals surface area contributed by atoms with Gasteiger partial charge in [-0.1, -0.05) is 19.1 Å². The zero-order chi connectivity index (χ0) is 15.9. The van der Waals surface area contributed by atoms with Gasteiger partial charge in [0.1, 0.15) is 0 Å². The summed E-state index contributed by atoms with van der Waals surface area (Å²) in [5, 5.41) is 0. The maximum atomic E-state index is 12.9. The Morgan fingerprint density at radius 2 is 1.71 bits per heavy atom. The van der Waals surface area contributed by atoms with Crippen LogP contribution in [0.4, 0.5) is 0 Å². The molecule has 122 valence electrons. The molecule has 0 spiro atoms. The first-order valence-corrected chi connectivity index (χ1v) is 8.13. The summed E-state index contributed by atoms with van der Waals surface area (Å²) in [4.78, 5) is 15.0. The number of nitrogens with zero attached hydrogens (tertiary/aromatic N) is 1. The molecular weight excluding hydrogens is 288 g/mol. The molecule has 1 rings (SSSR count). The predicted octanol–water partition coefficient (Wildman–Crippen LogP) is 1.59. The maximum absolute atomic E-state index is 12.9. The van der Waals surface area contributed by atoms with Gasteiger partial charge in [0.05, 0.1) is 23.6 Å². The van der Waals surface area contributed by atoms with Gasteiger partial charge < -0.3 is 20.1 Å². The highest BCUT2D eigenvalue weighted by Crippen LogP contribution is 2.47. The monoisotopic (exact) mass is 316 g/mol. The molecule has 21 heavy (non-hydrogen) atoms. The Bertz CT molecular complexity index is 347. The molecule has 0 atom stereocenters. The topological polar surface area (TPSA) is 64.8 Å². The molecule has 2 N–H and O–H groups in total. The zero-order valence-electron chi connectivity index (χ0n) is 13.4. The third-order valence-corrected chi connectivity index (χ3v) is 4.37. The van der Waals surface area contributed by atoms with E-state index < -0.39 is 5.41 Å². The number of ether oxygens (including phenoxy) is 2. The summed E-state index contributed by atoms with van der Waals surface area (Å²) in [6.07, 6.45) is 1.50. The van der Waals surface area contributed by atoms with E-state index in [1.54, 1.807) is 4.90 Å². The summed E-state index contributed by atoms with van der Waals surface area (Å²) < 4.78 is 10.7. The van der Waals surface area contributed by atoms with Crippen molar-refractivity contribution in [3.63, 3.8) is 0 Å². The van der Waals surface area contributed by atoms with E-state index in [0.717, 1.165) is 12.8 Å². The van der Waals surface area contributed by atoms with Crippen LogP contribution >= 0.6 is 12.2 Å². The highest BCUT2D eigenvalue weighted by atomic mass is 32.1. The van der Waals surface area contributed by atoms with Crippen molar-refractivity contribution in [3.8, 4) is 0 Å². The predicted molar refractivity (Wildman–Crippen MR) is 87.2 cm³/mol. The maximum Gasteiger partial charge on any atom is 0.235 e. The van der Waals surface area contributed by atoms with E-state index in [1.165, 1.54) is 0 Å². The molecule has 0 unspecified atom stereocenters. The standard InChI is InChI=1S/C15H28N2O3S/c1-4-19-8-6-17(7-9-20-5-2)14(18)15(13(16)21)10-12(3)11-15/h12H,4-11H2,1-3H3,(H2,16,21). The van der Waals surface area contributed by atoms with Crippen LogP contribution in [0.2, 0.25) is 0 Å². The Hall–Kier alpha value is -0.720. The molecule has 1 fully saturated rings. The molecule has 0 aromatic carbocycles. The van der Waals surface area contributed by atoms with Crippen molar-refractivity contribution in [3.05, 3.63) is 0 Å². The second kappa shape index (κ2) is 8.66. The lowest BCUT2D eigenvalue weighted by atomic mass is 9.61. The summed E-state index contributed by atoms with van der Waals surface area (Å²) in [5.41, 5.74) is 5.22. The first kappa shape index (κ1) is 18.3. The number of rotatable bonds is 10. The largest absolute Gasteiger partial charge is 0.392 e.